The zero-order valence-electron chi connectivity index (χ0n) is 10.1. The summed E-state index contributed by atoms with van der Waals surface area (Å²) in [4.78, 5) is 35.8. The highest BCUT2D eigenvalue weighted by atomic mass is 16.5. The minimum Gasteiger partial charge on any atom is -0.469 e. The van der Waals surface area contributed by atoms with Crippen LogP contribution in [0.4, 0.5) is 0 Å². The first-order valence-corrected chi connectivity index (χ1v) is 5.44. The zero-order valence-corrected chi connectivity index (χ0v) is 10.1. The second kappa shape index (κ2) is 6.34. The molecule has 0 N–H and O–H groups in total. The molecule has 1 atom stereocenters. The number of hydrogen-bond acceptors (Lipinski definition) is 5. The van der Waals surface area contributed by atoms with Gasteiger partial charge in [-0.3, -0.25) is 14.4 Å². The number of hydrogen-bond donors (Lipinski definition) is 0. The number of rotatable bonds is 6. The Bertz CT molecular complexity index is 315. The monoisotopic (exact) mass is 243 g/mol. The molecule has 1 rings (SSSR count). The van der Waals surface area contributed by atoms with E-state index in [1.54, 1.807) is 12.0 Å². The van der Waals surface area contributed by atoms with E-state index in [1.165, 1.54) is 7.11 Å². The first-order valence-electron chi connectivity index (χ1n) is 5.44. The van der Waals surface area contributed by atoms with Crippen molar-refractivity contribution in [2.24, 2.45) is 5.92 Å². The minimum absolute atomic E-state index is 0.0646. The van der Waals surface area contributed by atoms with Gasteiger partial charge in [-0.2, -0.15) is 0 Å². The molecule has 0 bridgehead atoms. The lowest BCUT2D eigenvalue weighted by Gasteiger charge is -2.15. The first kappa shape index (κ1) is 13.6. The van der Waals surface area contributed by atoms with E-state index >= 15 is 0 Å². The fraction of sp³-hybridized carbons (Fsp3) is 0.727. The lowest BCUT2D eigenvalue weighted by Crippen LogP contribution is -2.30. The molecule has 1 saturated heterocycles. The van der Waals surface area contributed by atoms with Crippen LogP contribution in [0, 0.1) is 5.92 Å². The number of nitrogens with zero attached hydrogens (tertiary/aromatic N) is 1. The van der Waals surface area contributed by atoms with Crippen LogP contribution in [0.2, 0.25) is 0 Å². The quantitative estimate of drug-likeness (QED) is 0.469. The maximum absolute atomic E-state index is 11.7. The van der Waals surface area contributed by atoms with Gasteiger partial charge in [0, 0.05) is 32.5 Å². The van der Waals surface area contributed by atoms with Crippen molar-refractivity contribution in [3.8, 4) is 0 Å². The van der Waals surface area contributed by atoms with Gasteiger partial charge in [0.05, 0.1) is 13.7 Å². The van der Waals surface area contributed by atoms with Crippen LogP contribution in [0.15, 0.2) is 0 Å². The van der Waals surface area contributed by atoms with Gasteiger partial charge in [0.15, 0.2) is 0 Å². The Morgan fingerprint density at radius 3 is 2.71 bits per heavy atom. The van der Waals surface area contributed by atoms with E-state index in [0.717, 1.165) is 0 Å². The molecule has 1 aliphatic heterocycles. The predicted octanol–water partition coefficient (Wildman–Crippen LogP) is -0.386. The van der Waals surface area contributed by atoms with E-state index in [0.29, 0.717) is 19.7 Å². The van der Waals surface area contributed by atoms with Gasteiger partial charge >= 0.3 is 5.97 Å². The highest BCUT2D eigenvalue weighted by Gasteiger charge is 2.34. The molecule has 0 radical (unpaired) electrons. The van der Waals surface area contributed by atoms with Gasteiger partial charge in [0.2, 0.25) is 5.91 Å². The molecular formula is C11H17NO5. The van der Waals surface area contributed by atoms with Gasteiger partial charge < -0.3 is 14.4 Å². The van der Waals surface area contributed by atoms with Gasteiger partial charge in [-0.25, -0.2) is 0 Å². The summed E-state index contributed by atoms with van der Waals surface area (Å²) in [6.07, 6.45) is -0.0773. The number of ether oxygens (including phenoxy) is 2. The van der Waals surface area contributed by atoms with Crippen LogP contribution in [-0.4, -0.2) is 56.5 Å². The van der Waals surface area contributed by atoms with Crippen molar-refractivity contribution in [3.63, 3.8) is 0 Å². The zero-order chi connectivity index (χ0) is 12.8. The largest absolute Gasteiger partial charge is 0.469 e. The number of carbonyl (C=O) groups is 3. The van der Waals surface area contributed by atoms with Crippen molar-refractivity contribution in [1.29, 1.82) is 0 Å². The molecule has 0 spiro atoms. The smallest absolute Gasteiger partial charge is 0.313 e. The fourth-order valence-electron chi connectivity index (χ4n) is 1.76. The topological polar surface area (TPSA) is 72.9 Å². The van der Waals surface area contributed by atoms with Crippen molar-refractivity contribution >= 4 is 17.7 Å². The van der Waals surface area contributed by atoms with Gasteiger partial charge in [0.1, 0.15) is 12.2 Å². The van der Waals surface area contributed by atoms with Gasteiger partial charge in [-0.1, -0.05) is 0 Å². The van der Waals surface area contributed by atoms with E-state index in [1.807, 2.05) is 0 Å². The van der Waals surface area contributed by atoms with Gasteiger partial charge in [-0.05, 0) is 0 Å². The maximum Gasteiger partial charge on any atom is 0.313 e. The number of Topliss-reactive ketones (excluding diaryl/α,β-unsaturated/α-hetero) is 1. The molecule has 6 heteroatoms. The molecular weight excluding hydrogens is 226 g/mol. The Labute approximate surface area is 99.9 Å². The SMILES string of the molecule is COCCN1C[C@H](C(=O)CC(=O)OC)CC1=O. The third kappa shape index (κ3) is 3.81. The molecule has 1 amide bonds. The van der Waals surface area contributed by atoms with Crippen molar-refractivity contribution in [1.82, 2.24) is 4.90 Å². The maximum atomic E-state index is 11.7. The lowest BCUT2D eigenvalue weighted by atomic mass is 10.0. The number of carbonyl (C=O) groups excluding carboxylic acids is 3. The Balaban J connectivity index is 2.45. The standard InChI is InChI=1S/C11H17NO5/c1-16-4-3-12-7-8(5-10(12)14)9(13)6-11(15)17-2/h8H,3-7H2,1-2H3/t8-/m1/s1. The van der Waals surface area contributed by atoms with Crippen LogP contribution in [-0.2, 0) is 23.9 Å². The van der Waals surface area contributed by atoms with E-state index in [-0.39, 0.29) is 24.5 Å². The van der Waals surface area contributed by atoms with Gasteiger partial charge in [-0.15, -0.1) is 0 Å². The summed E-state index contributed by atoms with van der Waals surface area (Å²) in [5.74, 6) is -1.24. The molecule has 0 aromatic rings. The third-order valence-corrected chi connectivity index (χ3v) is 2.78. The number of likely N-dealkylation sites (tertiary alicyclic amines) is 1. The number of amides is 1. The predicted molar refractivity (Wildman–Crippen MR) is 58.2 cm³/mol. The summed E-state index contributed by atoms with van der Waals surface area (Å²) in [7, 11) is 2.79. The van der Waals surface area contributed by atoms with Gasteiger partial charge in [0.25, 0.3) is 0 Å². The minimum atomic E-state index is -0.558. The third-order valence-electron chi connectivity index (χ3n) is 2.78. The Kier molecular flexibility index (Phi) is 5.09. The average Bonchev–Trinajstić information content (AvgIpc) is 2.68. The molecule has 1 fully saturated rings. The molecule has 17 heavy (non-hydrogen) atoms. The van der Waals surface area contributed by atoms with Crippen molar-refractivity contribution < 1.29 is 23.9 Å². The highest BCUT2D eigenvalue weighted by molar-refractivity contribution is 5.99. The average molecular weight is 243 g/mol. The van der Waals surface area contributed by atoms with Crippen LogP contribution in [0.5, 0.6) is 0 Å². The summed E-state index contributed by atoms with van der Waals surface area (Å²) in [5, 5.41) is 0. The van der Waals surface area contributed by atoms with Crippen LogP contribution in [0.25, 0.3) is 0 Å². The number of ketones is 1. The fourth-order valence-corrected chi connectivity index (χ4v) is 1.76. The van der Waals surface area contributed by atoms with Crippen LogP contribution in [0.3, 0.4) is 0 Å². The van der Waals surface area contributed by atoms with Crippen molar-refractivity contribution in [2.45, 2.75) is 12.8 Å². The number of methoxy groups -OCH3 is 2. The van der Waals surface area contributed by atoms with E-state index in [4.69, 9.17) is 4.74 Å². The Morgan fingerprint density at radius 2 is 2.12 bits per heavy atom. The van der Waals surface area contributed by atoms with Crippen molar-refractivity contribution in [3.05, 3.63) is 0 Å². The second-order valence-corrected chi connectivity index (χ2v) is 3.95. The van der Waals surface area contributed by atoms with Crippen LogP contribution < -0.4 is 0 Å². The van der Waals surface area contributed by atoms with Crippen LogP contribution in [0.1, 0.15) is 12.8 Å². The molecule has 1 aliphatic rings. The normalized spacial score (nSPS) is 19.5. The molecule has 96 valence electrons. The summed E-state index contributed by atoms with van der Waals surface area (Å²) in [6.45, 7) is 1.30. The second-order valence-electron chi connectivity index (χ2n) is 3.95. The molecule has 0 aliphatic carbocycles. The molecule has 6 nitrogen and oxygen atoms in total. The highest BCUT2D eigenvalue weighted by Crippen LogP contribution is 2.19. The molecule has 0 unspecified atom stereocenters. The summed E-state index contributed by atoms with van der Waals surface area (Å²) in [6, 6.07) is 0. The van der Waals surface area contributed by atoms with Crippen LogP contribution >= 0.6 is 0 Å². The van der Waals surface area contributed by atoms with E-state index < -0.39 is 11.9 Å². The molecule has 0 aromatic carbocycles. The summed E-state index contributed by atoms with van der Waals surface area (Å²) in [5.41, 5.74) is 0. The molecule has 0 aromatic heterocycles. The van der Waals surface area contributed by atoms with E-state index in [2.05, 4.69) is 4.74 Å². The Hall–Kier alpha value is -1.43. The van der Waals surface area contributed by atoms with Crippen molar-refractivity contribution in [2.75, 3.05) is 33.9 Å². The lowest BCUT2D eigenvalue weighted by molar-refractivity contribution is -0.144. The summed E-state index contributed by atoms with van der Waals surface area (Å²) < 4.78 is 9.30. The molecule has 0 saturated carbocycles. The number of esters is 1. The first-order chi connectivity index (χ1) is 8.08. The Morgan fingerprint density at radius 1 is 1.41 bits per heavy atom. The summed E-state index contributed by atoms with van der Waals surface area (Å²) >= 11 is 0. The molecule has 1 heterocycles. The van der Waals surface area contributed by atoms with E-state index in [9.17, 15) is 14.4 Å².